The van der Waals surface area contributed by atoms with Crippen LogP contribution in [0.3, 0.4) is 0 Å². The third-order valence-corrected chi connectivity index (χ3v) is 2.84. The number of carbonyl (C=O) groups excluding carboxylic acids is 2. The van der Waals surface area contributed by atoms with Crippen molar-refractivity contribution in [3.8, 4) is 0 Å². The summed E-state index contributed by atoms with van der Waals surface area (Å²) in [5.41, 5.74) is -0.822. The molecule has 1 heterocycles. The van der Waals surface area contributed by atoms with E-state index in [-0.39, 0.29) is 11.2 Å². The van der Waals surface area contributed by atoms with E-state index in [2.05, 4.69) is 5.32 Å². The Labute approximate surface area is 81.4 Å². The van der Waals surface area contributed by atoms with E-state index in [1.54, 1.807) is 6.92 Å². The summed E-state index contributed by atoms with van der Waals surface area (Å²) >= 11 is 1.12. The first-order chi connectivity index (χ1) is 6.08. The van der Waals surface area contributed by atoms with Gasteiger partial charge in [0.25, 0.3) is 5.24 Å². The van der Waals surface area contributed by atoms with Crippen LogP contribution in [-0.4, -0.2) is 29.1 Å². The van der Waals surface area contributed by atoms with Gasteiger partial charge < -0.3 is 10.1 Å². The van der Waals surface area contributed by atoms with Crippen molar-refractivity contribution in [1.82, 2.24) is 5.32 Å². The van der Waals surface area contributed by atoms with Crippen LogP contribution in [0.25, 0.3) is 0 Å². The van der Waals surface area contributed by atoms with Crippen LogP contribution >= 0.6 is 11.8 Å². The van der Waals surface area contributed by atoms with Gasteiger partial charge in [-0.05, 0) is 13.3 Å². The first kappa shape index (κ1) is 10.4. The molecule has 1 N–H and O–H groups in total. The Bertz CT molecular complexity index is 231. The SMILES string of the molecule is CCCOC(=O)C1(C)CSC(=O)N1. The smallest absolute Gasteiger partial charge is 0.332 e. The second-order valence-electron chi connectivity index (χ2n) is 3.17. The average molecular weight is 203 g/mol. The summed E-state index contributed by atoms with van der Waals surface area (Å²) in [6, 6.07) is 0. The number of hydrogen-bond donors (Lipinski definition) is 1. The van der Waals surface area contributed by atoms with Crippen molar-refractivity contribution in [2.45, 2.75) is 25.8 Å². The summed E-state index contributed by atoms with van der Waals surface area (Å²) in [6.45, 7) is 4.02. The third-order valence-electron chi connectivity index (χ3n) is 1.76. The maximum Gasteiger partial charge on any atom is 0.332 e. The molecule has 1 fully saturated rings. The van der Waals surface area contributed by atoms with Crippen LogP contribution in [0.2, 0.25) is 0 Å². The molecule has 13 heavy (non-hydrogen) atoms. The average Bonchev–Trinajstić information content (AvgIpc) is 2.43. The molecule has 4 nitrogen and oxygen atoms in total. The fourth-order valence-electron chi connectivity index (χ4n) is 0.971. The number of nitrogens with one attached hydrogen (secondary N) is 1. The molecule has 0 aromatic carbocycles. The lowest BCUT2D eigenvalue weighted by atomic mass is 10.1. The van der Waals surface area contributed by atoms with E-state index < -0.39 is 5.54 Å². The Kier molecular flexibility index (Phi) is 3.19. The van der Waals surface area contributed by atoms with Gasteiger partial charge in [-0.2, -0.15) is 0 Å². The number of hydrogen-bond acceptors (Lipinski definition) is 4. The van der Waals surface area contributed by atoms with Crippen molar-refractivity contribution in [3.05, 3.63) is 0 Å². The van der Waals surface area contributed by atoms with E-state index in [1.165, 1.54) is 0 Å². The summed E-state index contributed by atoms with van der Waals surface area (Å²) in [7, 11) is 0. The van der Waals surface area contributed by atoms with Crippen molar-refractivity contribution in [3.63, 3.8) is 0 Å². The zero-order chi connectivity index (χ0) is 9.90. The van der Waals surface area contributed by atoms with Gasteiger partial charge in [0.05, 0.1) is 6.61 Å². The number of ether oxygens (including phenoxy) is 1. The fraction of sp³-hybridized carbons (Fsp3) is 0.750. The summed E-state index contributed by atoms with van der Waals surface area (Å²) in [6.07, 6.45) is 0.795. The summed E-state index contributed by atoms with van der Waals surface area (Å²) in [5.74, 6) is 0.113. The highest BCUT2D eigenvalue weighted by molar-refractivity contribution is 8.14. The molecule has 1 amide bonds. The highest BCUT2D eigenvalue weighted by atomic mass is 32.2. The van der Waals surface area contributed by atoms with Gasteiger partial charge in [-0.3, -0.25) is 4.79 Å². The zero-order valence-corrected chi connectivity index (χ0v) is 8.57. The Morgan fingerprint density at radius 1 is 1.77 bits per heavy atom. The summed E-state index contributed by atoms with van der Waals surface area (Å²) in [4.78, 5) is 22.3. The van der Waals surface area contributed by atoms with Crippen LogP contribution < -0.4 is 5.32 Å². The molecule has 5 heteroatoms. The number of rotatable bonds is 3. The Hall–Kier alpha value is -0.710. The van der Waals surface area contributed by atoms with Crippen LogP contribution in [-0.2, 0) is 9.53 Å². The van der Waals surface area contributed by atoms with Gasteiger partial charge in [0.15, 0.2) is 0 Å². The zero-order valence-electron chi connectivity index (χ0n) is 7.75. The molecule has 1 saturated heterocycles. The monoisotopic (exact) mass is 203 g/mol. The Balaban J connectivity index is 2.50. The van der Waals surface area contributed by atoms with Crippen LogP contribution in [0.5, 0.6) is 0 Å². The summed E-state index contributed by atoms with van der Waals surface area (Å²) in [5, 5.41) is 2.43. The van der Waals surface area contributed by atoms with Gasteiger partial charge in [0.1, 0.15) is 5.54 Å². The number of esters is 1. The van der Waals surface area contributed by atoms with Gasteiger partial charge in [-0.1, -0.05) is 18.7 Å². The number of thioether (sulfide) groups is 1. The molecular weight excluding hydrogens is 190 g/mol. The molecule has 0 spiro atoms. The highest BCUT2D eigenvalue weighted by Gasteiger charge is 2.42. The minimum absolute atomic E-state index is 0.157. The molecular formula is C8H13NO3S. The molecule has 74 valence electrons. The topological polar surface area (TPSA) is 55.4 Å². The second kappa shape index (κ2) is 4.00. The number of carbonyl (C=O) groups is 2. The molecule has 0 aliphatic carbocycles. The van der Waals surface area contributed by atoms with E-state index in [0.717, 1.165) is 18.2 Å². The molecule has 0 aromatic rings. The van der Waals surface area contributed by atoms with E-state index >= 15 is 0 Å². The Morgan fingerprint density at radius 3 is 2.92 bits per heavy atom. The molecule has 1 unspecified atom stereocenters. The minimum atomic E-state index is -0.822. The van der Waals surface area contributed by atoms with Crippen LogP contribution in [0.1, 0.15) is 20.3 Å². The van der Waals surface area contributed by atoms with Crippen molar-refractivity contribution in [2.75, 3.05) is 12.4 Å². The number of amides is 1. The van der Waals surface area contributed by atoms with Crippen molar-refractivity contribution in [1.29, 1.82) is 0 Å². The lowest BCUT2D eigenvalue weighted by Crippen LogP contribution is -2.49. The van der Waals surface area contributed by atoms with E-state index in [0.29, 0.717) is 12.4 Å². The van der Waals surface area contributed by atoms with E-state index in [9.17, 15) is 9.59 Å². The predicted molar refractivity (Wildman–Crippen MR) is 50.6 cm³/mol. The summed E-state index contributed by atoms with van der Waals surface area (Å²) < 4.78 is 4.96. The maximum atomic E-state index is 11.4. The van der Waals surface area contributed by atoms with Gasteiger partial charge in [0.2, 0.25) is 0 Å². The predicted octanol–water partition coefficient (Wildman–Crippen LogP) is 1.15. The lowest BCUT2D eigenvalue weighted by Gasteiger charge is -2.20. The van der Waals surface area contributed by atoms with Gasteiger partial charge >= 0.3 is 5.97 Å². The molecule has 0 radical (unpaired) electrons. The first-order valence-electron chi connectivity index (χ1n) is 4.20. The first-order valence-corrected chi connectivity index (χ1v) is 5.19. The second-order valence-corrected chi connectivity index (χ2v) is 4.12. The quantitative estimate of drug-likeness (QED) is 0.699. The molecule has 0 bridgehead atoms. The van der Waals surface area contributed by atoms with Crippen molar-refractivity contribution in [2.24, 2.45) is 0 Å². The standard InChI is InChI=1S/C8H13NO3S/c1-3-4-12-6(10)8(2)5-13-7(11)9-8/h3-5H2,1-2H3,(H,9,11). The molecule has 1 aliphatic rings. The fourth-order valence-corrected chi connectivity index (χ4v) is 1.88. The Morgan fingerprint density at radius 2 is 2.46 bits per heavy atom. The van der Waals surface area contributed by atoms with Crippen LogP contribution in [0.15, 0.2) is 0 Å². The normalized spacial score (nSPS) is 27.1. The molecule has 0 aromatic heterocycles. The van der Waals surface area contributed by atoms with Gasteiger partial charge in [0, 0.05) is 5.75 Å². The van der Waals surface area contributed by atoms with E-state index in [1.807, 2.05) is 6.92 Å². The highest BCUT2D eigenvalue weighted by Crippen LogP contribution is 2.23. The van der Waals surface area contributed by atoms with Gasteiger partial charge in [-0.15, -0.1) is 0 Å². The maximum absolute atomic E-state index is 11.4. The molecule has 1 rings (SSSR count). The van der Waals surface area contributed by atoms with Crippen molar-refractivity contribution >= 4 is 23.0 Å². The third kappa shape index (κ3) is 2.37. The molecule has 0 saturated carbocycles. The molecule has 1 aliphatic heterocycles. The van der Waals surface area contributed by atoms with Gasteiger partial charge in [-0.25, -0.2) is 4.79 Å². The van der Waals surface area contributed by atoms with Crippen LogP contribution in [0.4, 0.5) is 4.79 Å². The minimum Gasteiger partial charge on any atom is -0.464 e. The molecule has 1 atom stereocenters. The largest absolute Gasteiger partial charge is 0.464 e. The lowest BCUT2D eigenvalue weighted by molar-refractivity contribution is -0.149. The van der Waals surface area contributed by atoms with Crippen molar-refractivity contribution < 1.29 is 14.3 Å². The van der Waals surface area contributed by atoms with E-state index in [4.69, 9.17) is 4.74 Å². The van der Waals surface area contributed by atoms with Crippen LogP contribution in [0, 0.1) is 0 Å².